The number of alkyl carbamates (subject to hydrolysis) is 1. The summed E-state index contributed by atoms with van der Waals surface area (Å²) in [7, 11) is 0. The minimum Gasteiger partial charge on any atom is -0.450 e. The van der Waals surface area contributed by atoms with E-state index in [2.05, 4.69) is 10.6 Å². The van der Waals surface area contributed by atoms with Gasteiger partial charge in [0.1, 0.15) is 23.4 Å². The van der Waals surface area contributed by atoms with E-state index < -0.39 is 60.0 Å². The number of hydrogen-bond donors (Lipinski definition) is 3. The Bertz CT molecular complexity index is 616. The van der Waals surface area contributed by atoms with Gasteiger partial charge in [0.25, 0.3) is 5.91 Å². The van der Waals surface area contributed by atoms with Crippen molar-refractivity contribution in [3.05, 3.63) is 0 Å². The van der Waals surface area contributed by atoms with Crippen LogP contribution in [0.15, 0.2) is 0 Å². The van der Waals surface area contributed by atoms with Gasteiger partial charge in [0, 0.05) is 19.3 Å². The Balaban J connectivity index is 2.14. The zero-order chi connectivity index (χ0) is 20.2. The van der Waals surface area contributed by atoms with E-state index >= 15 is 0 Å². The number of nitrogens with two attached hydrogens (primary N) is 1. The van der Waals surface area contributed by atoms with Crippen molar-refractivity contribution in [1.29, 1.82) is 0 Å². The molecule has 0 aromatic carbocycles. The van der Waals surface area contributed by atoms with Crippen LogP contribution < -0.4 is 16.4 Å². The normalized spacial score (nSPS) is 27.1. The van der Waals surface area contributed by atoms with Gasteiger partial charge in [0.05, 0.1) is 6.61 Å². The molecule has 0 unspecified atom stereocenters. The van der Waals surface area contributed by atoms with Gasteiger partial charge in [-0.05, 0) is 19.8 Å². The summed E-state index contributed by atoms with van der Waals surface area (Å²) in [6.45, 7) is 1.62. The fourth-order valence-corrected chi connectivity index (χ4v) is 3.70. The van der Waals surface area contributed by atoms with Crippen molar-refractivity contribution in [3.63, 3.8) is 0 Å². The largest absolute Gasteiger partial charge is 0.450 e. The third-order valence-corrected chi connectivity index (χ3v) is 5.11. The van der Waals surface area contributed by atoms with Gasteiger partial charge in [0.15, 0.2) is 0 Å². The zero-order valence-corrected chi connectivity index (χ0v) is 15.2. The lowest BCUT2D eigenvalue weighted by Crippen LogP contribution is -2.68. The van der Waals surface area contributed by atoms with Gasteiger partial charge >= 0.3 is 6.09 Å². The first-order valence-electron chi connectivity index (χ1n) is 9.03. The number of carbonyl (C=O) groups is 4. The maximum absolute atomic E-state index is 14.9. The van der Waals surface area contributed by atoms with E-state index in [0.29, 0.717) is 12.8 Å². The minimum absolute atomic E-state index is 0.0502. The first-order valence-corrected chi connectivity index (χ1v) is 9.03. The first kappa shape index (κ1) is 21.0. The summed E-state index contributed by atoms with van der Waals surface area (Å²) in [6.07, 6.45) is -1.55. The van der Waals surface area contributed by atoms with Gasteiger partial charge in [-0.15, -0.1) is 0 Å². The van der Waals surface area contributed by atoms with E-state index in [1.165, 1.54) is 0 Å². The van der Waals surface area contributed by atoms with Crippen LogP contribution in [0.1, 0.15) is 51.9 Å². The molecule has 10 heteroatoms. The Kier molecular flexibility index (Phi) is 6.38. The number of amides is 3. The van der Waals surface area contributed by atoms with Gasteiger partial charge in [-0.25, -0.2) is 13.6 Å². The van der Waals surface area contributed by atoms with E-state index in [0.717, 1.165) is 0 Å². The number of rotatable bonds is 8. The summed E-state index contributed by atoms with van der Waals surface area (Å²) >= 11 is 0. The molecule has 0 aliphatic heterocycles. The fourth-order valence-electron chi connectivity index (χ4n) is 3.70. The molecule has 0 saturated heterocycles. The van der Waals surface area contributed by atoms with Gasteiger partial charge < -0.3 is 21.1 Å². The highest BCUT2D eigenvalue weighted by Gasteiger charge is 2.54. The molecular formula is C17H25F2N3O5. The van der Waals surface area contributed by atoms with Crippen molar-refractivity contribution in [1.82, 2.24) is 10.6 Å². The molecule has 0 heterocycles. The smallest absolute Gasteiger partial charge is 0.407 e. The number of nitrogens with one attached hydrogen (secondary N) is 2. The Labute approximate surface area is 155 Å². The molecule has 0 spiro atoms. The van der Waals surface area contributed by atoms with E-state index in [-0.39, 0.29) is 25.9 Å². The Hall–Kier alpha value is -2.26. The van der Waals surface area contributed by atoms with Crippen LogP contribution in [0.3, 0.4) is 0 Å². The number of Topliss-reactive ketones (excluding diaryl/α,β-unsaturated/α-hetero) is 1. The number of alkyl halides is 2. The molecule has 2 aliphatic carbocycles. The topological polar surface area (TPSA) is 128 Å². The summed E-state index contributed by atoms with van der Waals surface area (Å²) in [5.41, 5.74) is 1.60. The lowest BCUT2D eigenvalue weighted by atomic mass is 9.71. The van der Waals surface area contributed by atoms with Gasteiger partial charge in [-0.2, -0.15) is 0 Å². The van der Waals surface area contributed by atoms with E-state index in [9.17, 15) is 28.0 Å². The standard InChI is InChI=1S/C17H25F2N3O5/c1-2-27-15(26)21-11(9-16(19)5-3-4-6-16)14(25)22-17(7-10(18)8-17)12(23)13(20)24/h10-11H,2-9H2,1H3,(H2,20,24)(H,21,26)(H,22,25)/t10?,11-,17?/m0/s1. The SMILES string of the molecule is CCOC(=O)N[C@@H](CC1(F)CCCC1)C(=O)NC1(C(=O)C(N)=O)CC(F)C1. The van der Waals surface area contributed by atoms with Crippen LogP contribution in [0.25, 0.3) is 0 Å². The summed E-state index contributed by atoms with van der Waals surface area (Å²) in [6, 6.07) is -1.33. The lowest BCUT2D eigenvalue weighted by molar-refractivity contribution is -0.147. The number of ether oxygens (including phenoxy) is 1. The minimum atomic E-state index is -1.75. The van der Waals surface area contributed by atoms with Gasteiger partial charge in [-0.1, -0.05) is 12.8 Å². The average Bonchev–Trinajstić information content (AvgIpc) is 2.98. The maximum Gasteiger partial charge on any atom is 0.407 e. The van der Waals surface area contributed by atoms with Crippen molar-refractivity contribution >= 4 is 23.7 Å². The van der Waals surface area contributed by atoms with Crippen LogP contribution in [0.5, 0.6) is 0 Å². The highest BCUT2D eigenvalue weighted by molar-refractivity contribution is 6.39. The molecule has 4 N–H and O–H groups in total. The van der Waals surface area contributed by atoms with E-state index in [1.807, 2.05) is 0 Å². The molecule has 152 valence electrons. The number of primary amides is 1. The number of ketones is 1. The van der Waals surface area contributed by atoms with Gasteiger partial charge in [-0.3, -0.25) is 14.4 Å². The summed E-state index contributed by atoms with van der Waals surface area (Å²) in [5.74, 6) is -3.29. The highest BCUT2D eigenvalue weighted by atomic mass is 19.1. The average molecular weight is 389 g/mol. The highest BCUT2D eigenvalue weighted by Crippen LogP contribution is 2.38. The third kappa shape index (κ3) is 4.92. The van der Waals surface area contributed by atoms with Crippen molar-refractivity contribution in [2.24, 2.45) is 5.73 Å². The van der Waals surface area contributed by atoms with Crippen LogP contribution in [0.4, 0.5) is 13.6 Å². The van der Waals surface area contributed by atoms with Gasteiger partial charge in [0.2, 0.25) is 11.7 Å². The number of carbonyl (C=O) groups excluding carboxylic acids is 4. The second-order valence-corrected chi connectivity index (χ2v) is 7.25. The summed E-state index contributed by atoms with van der Waals surface area (Å²) in [5, 5.41) is 4.60. The molecule has 0 aromatic rings. The molecule has 2 fully saturated rings. The molecule has 0 aromatic heterocycles. The van der Waals surface area contributed by atoms with Crippen LogP contribution in [0.2, 0.25) is 0 Å². The molecule has 0 radical (unpaired) electrons. The van der Waals surface area contributed by atoms with Crippen molar-refractivity contribution in [2.75, 3.05) is 6.61 Å². The maximum atomic E-state index is 14.9. The molecule has 2 rings (SSSR count). The van der Waals surface area contributed by atoms with Crippen molar-refractivity contribution in [3.8, 4) is 0 Å². The van der Waals surface area contributed by atoms with E-state index in [1.54, 1.807) is 6.92 Å². The predicted molar refractivity (Wildman–Crippen MR) is 90.1 cm³/mol. The van der Waals surface area contributed by atoms with Crippen LogP contribution in [0, 0.1) is 0 Å². The number of halogens is 2. The lowest BCUT2D eigenvalue weighted by Gasteiger charge is -2.43. The fraction of sp³-hybridized carbons (Fsp3) is 0.765. The number of hydrogen-bond acceptors (Lipinski definition) is 5. The molecule has 2 aliphatic rings. The first-order chi connectivity index (χ1) is 12.6. The Morgan fingerprint density at radius 2 is 1.81 bits per heavy atom. The molecule has 2 saturated carbocycles. The second-order valence-electron chi connectivity index (χ2n) is 7.25. The molecule has 3 amide bonds. The van der Waals surface area contributed by atoms with Crippen molar-refractivity contribution < 1.29 is 32.7 Å². The summed E-state index contributed by atoms with van der Waals surface area (Å²) < 4.78 is 33.0. The molecule has 1 atom stereocenters. The zero-order valence-electron chi connectivity index (χ0n) is 15.2. The molecule has 8 nitrogen and oxygen atoms in total. The quantitative estimate of drug-likeness (QED) is 0.530. The molecule has 0 bridgehead atoms. The third-order valence-electron chi connectivity index (χ3n) is 5.11. The molecule has 27 heavy (non-hydrogen) atoms. The monoisotopic (exact) mass is 389 g/mol. The van der Waals surface area contributed by atoms with Crippen molar-refractivity contribution in [2.45, 2.75) is 75.3 Å². The second kappa shape index (κ2) is 8.18. The predicted octanol–water partition coefficient (Wildman–Crippen LogP) is 0.815. The van der Waals surface area contributed by atoms with Crippen LogP contribution >= 0.6 is 0 Å². The summed E-state index contributed by atoms with van der Waals surface area (Å²) in [4.78, 5) is 47.7. The Morgan fingerprint density at radius 3 is 2.30 bits per heavy atom. The van der Waals surface area contributed by atoms with Crippen LogP contribution in [-0.4, -0.2) is 53.7 Å². The van der Waals surface area contributed by atoms with E-state index in [4.69, 9.17) is 10.5 Å². The Morgan fingerprint density at radius 1 is 1.22 bits per heavy atom. The van der Waals surface area contributed by atoms with Crippen LogP contribution in [-0.2, 0) is 19.1 Å². The molecular weight excluding hydrogens is 364 g/mol.